The summed E-state index contributed by atoms with van der Waals surface area (Å²) in [5.41, 5.74) is 0. The monoisotopic (exact) mass is 744 g/mol. The van der Waals surface area contributed by atoms with Gasteiger partial charge in [0, 0.05) is 6.42 Å². The fraction of sp³-hybridized carbons (Fsp3) is 0.787. The van der Waals surface area contributed by atoms with E-state index in [2.05, 4.69) is 44.3 Å². The van der Waals surface area contributed by atoms with Crippen molar-refractivity contribution in [3.63, 3.8) is 0 Å². The van der Waals surface area contributed by atoms with Crippen LogP contribution in [0.4, 0.5) is 0 Å². The van der Waals surface area contributed by atoms with E-state index in [4.69, 9.17) is 4.74 Å². The van der Waals surface area contributed by atoms with Crippen molar-refractivity contribution in [1.29, 1.82) is 0 Å². The number of hydrogen-bond donors (Lipinski definition) is 3. The van der Waals surface area contributed by atoms with Crippen LogP contribution in [0.5, 0.6) is 0 Å². The Labute approximate surface area is 327 Å². The number of hydrogen-bond acceptors (Lipinski definition) is 5. The Kier molecular flexibility index (Phi) is 39.3. The van der Waals surface area contributed by atoms with E-state index in [-0.39, 0.29) is 24.9 Å². The largest absolute Gasteiger partial charge is 0.462 e. The van der Waals surface area contributed by atoms with Gasteiger partial charge in [0.25, 0.3) is 0 Å². The third-order valence-electron chi connectivity index (χ3n) is 10.0. The molecule has 0 saturated carbocycles. The molecule has 0 aromatic rings. The summed E-state index contributed by atoms with van der Waals surface area (Å²) in [5, 5.41) is 23.6. The first-order valence-electron chi connectivity index (χ1n) is 22.4. The molecule has 0 rings (SSSR count). The van der Waals surface area contributed by atoms with Gasteiger partial charge >= 0.3 is 5.97 Å². The number of aliphatic hydroxyl groups excluding tert-OH is 2. The quantitative estimate of drug-likeness (QED) is 0.0331. The molecule has 0 spiro atoms. The van der Waals surface area contributed by atoms with Crippen LogP contribution in [0.25, 0.3) is 0 Å². The molecule has 0 aromatic carbocycles. The standard InChI is InChI=1S/C47H85NO5/c1-4-7-10-13-16-19-21-23-25-28-31-34-37-40-47(52)53-43(38-35-32-29-26-18-15-12-9-6-3)41-46(51)48-44(42-49)45(50)39-36-33-30-27-24-22-20-17-14-11-8-5-2/h7,10,13,16,19,21,23,25,43-45,49-50H,4-6,8-9,11-12,14-15,17-18,20,22,24,26-42H2,1-3H3,(H,48,51)/b10-7+,16-13+,21-19-,25-23-. The highest BCUT2D eigenvalue weighted by Gasteiger charge is 2.24. The van der Waals surface area contributed by atoms with Crippen LogP contribution in [-0.2, 0) is 14.3 Å². The highest BCUT2D eigenvalue weighted by Crippen LogP contribution is 2.17. The van der Waals surface area contributed by atoms with Gasteiger partial charge in [-0.3, -0.25) is 9.59 Å². The van der Waals surface area contributed by atoms with E-state index in [1.807, 2.05) is 30.4 Å². The lowest BCUT2D eigenvalue weighted by Crippen LogP contribution is -2.46. The van der Waals surface area contributed by atoms with Crippen LogP contribution >= 0.6 is 0 Å². The molecule has 3 unspecified atom stereocenters. The van der Waals surface area contributed by atoms with Gasteiger partial charge in [0.05, 0.1) is 25.2 Å². The van der Waals surface area contributed by atoms with Crippen molar-refractivity contribution in [3.8, 4) is 0 Å². The summed E-state index contributed by atoms with van der Waals surface area (Å²) in [5.74, 6) is -0.521. The number of amides is 1. The second-order valence-electron chi connectivity index (χ2n) is 15.2. The van der Waals surface area contributed by atoms with Gasteiger partial charge in [-0.05, 0) is 44.9 Å². The van der Waals surface area contributed by atoms with Crippen LogP contribution in [0.3, 0.4) is 0 Å². The molecule has 3 N–H and O–H groups in total. The Morgan fingerprint density at radius 2 is 1.02 bits per heavy atom. The summed E-state index contributed by atoms with van der Waals surface area (Å²) in [7, 11) is 0. The molecule has 53 heavy (non-hydrogen) atoms. The van der Waals surface area contributed by atoms with E-state index in [0.717, 1.165) is 70.6 Å². The molecular weight excluding hydrogens is 659 g/mol. The molecule has 3 atom stereocenters. The molecule has 0 saturated heterocycles. The highest BCUT2D eigenvalue weighted by atomic mass is 16.5. The molecule has 0 bridgehead atoms. The molecular formula is C47H85NO5. The number of nitrogens with one attached hydrogen (secondary N) is 1. The predicted octanol–water partition coefficient (Wildman–Crippen LogP) is 12.7. The molecule has 0 aliphatic heterocycles. The lowest BCUT2D eigenvalue weighted by Gasteiger charge is -2.24. The Bertz CT molecular complexity index is 926. The Morgan fingerprint density at radius 1 is 0.566 bits per heavy atom. The van der Waals surface area contributed by atoms with Gasteiger partial charge in [0.2, 0.25) is 5.91 Å². The fourth-order valence-electron chi connectivity index (χ4n) is 6.62. The number of allylic oxidation sites excluding steroid dienone is 8. The van der Waals surface area contributed by atoms with Gasteiger partial charge in [-0.15, -0.1) is 0 Å². The first kappa shape index (κ1) is 50.8. The van der Waals surface area contributed by atoms with Crippen LogP contribution in [-0.4, -0.2) is 46.9 Å². The summed E-state index contributed by atoms with van der Waals surface area (Å²) in [4.78, 5) is 25.9. The molecule has 1 amide bonds. The summed E-state index contributed by atoms with van der Waals surface area (Å²) in [6, 6.07) is -0.705. The van der Waals surface area contributed by atoms with Gasteiger partial charge < -0.3 is 20.3 Å². The van der Waals surface area contributed by atoms with Gasteiger partial charge in [-0.1, -0.05) is 204 Å². The third kappa shape index (κ3) is 36.6. The number of unbranched alkanes of at least 4 members (excludes halogenated alkanes) is 22. The molecule has 0 aromatic heterocycles. The normalized spacial score (nSPS) is 13.8. The molecule has 308 valence electrons. The number of rotatable bonds is 39. The average Bonchev–Trinajstić information content (AvgIpc) is 3.15. The van der Waals surface area contributed by atoms with Gasteiger partial charge in [0.1, 0.15) is 6.10 Å². The molecule has 0 fully saturated rings. The lowest BCUT2D eigenvalue weighted by molar-refractivity contribution is -0.151. The molecule has 0 aliphatic carbocycles. The second kappa shape index (κ2) is 41.0. The van der Waals surface area contributed by atoms with E-state index < -0.39 is 18.2 Å². The zero-order valence-electron chi connectivity index (χ0n) is 34.9. The van der Waals surface area contributed by atoms with Crippen molar-refractivity contribution >= 4 is 11.9 Å². The maximum atomic E-state index is 13.1. The maximum Gasteiger partial charge on any atom is 0.306 e. The molecule has 0 radical (unpaired) electrons. The first-order valence-corrected chi connectivity index (χ1v) is 22.4. The van der Waals surface area contributed by atoms with Crippen LogP contribution in [0.1, 0.15) is 213 Å². The fourth-order valence-corrected chi connectivity index (χ4v) is 6.62. The zero-order chi connectivity index (χ0) is 38.9. The summed E-state index contributed by atoms with van der Waals surface area (Å²) in [6.07, 6.45) is 47.4. The smallest absolute Gasteiger partial charge is 0.306 e. The summed E-state index contributed by atoms with van der Waals surface area (Å²) >= 11 is 0. The minimum absolute atomic E-state index is 0.0625. The number of carbonyl (C=O) groups excluding carboxylic acids is 2. The lowest BCUT2D eigenvalue weighted by atomic mass is 10.0. The van der Waals surface area contributed by atoms with E-state index >= 15 is 0 Å². The number of ether oxygens (including phenoxy) is 1. The predicted molar refractivity (Wildman–Crippen MR) is 227 cm³/mol. The summed E-state index contributed by atoms with van der Waals surface area (Å²) in [6.45, 7) is 6.30. The third-order valence-corrected chi connectivity index (χ3v) is 10.0. The van der Waals surface area contributed by atoms with Crippen LogP contribution in [0.2, 0.25) is 0 Å². The van der Waals surface area contributed by atoms with Crippen molar-refractivity contribution in [3.05, 3.63) is 48.6 Å². The second-order valence-corrected chi connectivity index (χ2v) is 15.2. The van der Waals surface area contributed by atoms with Crippen molar-refractivity contribution in [2.24, 2.45) is 0 Å². The maximum absolute atomic E-state index is 13.1. The topological polar surface area (TPSA) is 95.9 Å². The number of carbonyl (C=O) groups is 2. The molecule has 6 nitrogen and oxygen atoms in total. The summed E-state index contributed by atoms with van der Waals surface area (Å²) < 4.78 is 5.87. The molecule has 6 heteroatoms. The van der Waals surface area contributed by atoms with Gasteiger partial charge in [-0.2, -0.15) is 0 Å². The minimum atomic E-state index is -0.791. The first-order chi connectivity index (χ1) is 26.0. The van der Waals surface area contributed by atoms with E-state index in [9.17, 15) is 19.8 Å². The van der Waals surface area contributed by atoms with Crippen molar-refractivity contribution in [2.45, 2.75) is 232 Å². The van der Waals surface area contributed by atoms with Crippen molar-refractivity contribution in [1.82, 2.24) is 5.32 Å². The molecule has 0 heterocycles. The van der Waals surface area contributed by atoms with Crippen molar-refractivity contribution in [2.75, 3.05) is 6.61 Å². The highest BCUT2D eigenvalue weighted by molar-refractivity contribution is 5.77. The Morgan fingerprint density at radius 3 is 1.53 bits per heavy atom. The van der Waals surface area contributed by atoms with E-state index in [1.165, 1.54) is 96.3 Å². The van der Waals surface area contributed by atoms with Crippen molar-refractivity contribution < 1.29 is 24.5 Å². The van der Waals surface area contributed by atoms with Crippen LogP contribution in [0, 0.1) is 0 Å². The van der Waals surface area contributed by atoms with Gasteiger partial charge in [-0.25, -0.2) is 0 Å². The number of esters is 1. The SMILES string of the molecule is CC/C=C/C=C/C=C\C=C/CCCCCC(=O)OC(CCCCCCCCCCC)CC(=O)NC(CO)C(O)CCCCCCCCCCCCCC. The average molecular weight is 744 g/mol. The number of aliphatic hydroxyl groups is 2. The Balaban J connectivity index is 4.60. The van der Waals surface area contributed by atoms with E-state index in [1.54, 1.807) is 0 Å². The Hall–Kier alpha value is -2.18. The van der Waals surface area contributed by atoms with Gasteiger partial charge in [0.15, 0.2) is 0 Å². The minimum Gasteiger partial charge on any atom is -0.462 e. The molecule has 0 aliphatic rings. The van der Waals surface area contributed by atoms with E-state index in [0.29, 0.717) is 19.3 Å². The zero-order valence-corrected chi connectivity index (χ0v) is 34.9. The van der Waals surface area contributed by atoms with Crippen LogP contribution in [0.15, 0.2) is 48.6 Å². The van der Waals surface area contributed by atoms with Crippen LogP contribution < -0.4 is 5.32 Å².